The molecule has 234 valence electrons. The number of methoxy groups -OCH3 is 1. The summed E-state index contributed by atoms with van der Waals surface area (Å²) in [5, 5.41) is 2.76. The highest BCUT2D eigenvalue weighted by molar-refractivity contribution is 7.92. The minimum Gasteiger partial charge on any atom is -0.494 e. The number of sulfonamides is 1. The molecule has 0 atom stereocenters. The Balaban J connectivity index is 0.00000506. The Labute approximate surface area is 259 Å². The largest absolute Gasteiger partial charge is 0.494 e. The van der Waals surface area contributed by atoms with Crippen LogP contribution in [0.15, 0.2) is 66.7 Å². The molecule has 1 aliphatic heterocycles. The van der Waals surface area contributed by atoms with Gasteiger partial charge in [0, 0.05) is 37.9 Å². The van der Waals surface area contributed by atoms with Crippen LogP contribution in [0.2, 0.25) is 0 Å². The first-order valence-corrected chi connectivity index (χ1v) is 16.0. The molecule has 1 fully saturated rings. The van der Waals surface area contributed by atoms with Crippen molar-refractivity contribution in [3.05, 3.63) is 78.1 Å². The zero-order valence-corrected chi connectivity index (χ0v) is 26.3. The minimum absolute atomic E-state index is 0. The van der Waals surface area contributed by atoms with Gasteiger partial charge in [-0.3, -0.25) is 9.62 Å². The Hall–Kier alpha value is -3.54. The fraction of sp³-hybridized carbons (Fsp3) is 0.387. The van der Waals surface area contributed by atoms with Gasteiger partial charge in [0.25, 0.3) is 0 Å². The lowest BCUT2D eigenvalue weighted by Crippen LogP contribution is -2.49. The zero-order chi connectivity index (χ0) is 30.1. The molecule has 2 amide bonds. The molecule has 1 heterocycles. The minimum atomic E-state index is -3.33. The normalized spacial score (nSPS) is 14.0. The third-order valence-corrected chi connectivity index (χ3v) is 7.77. The third kappa shape index (κ3) is 10.0. The van der Waals surface area contributed by atoms with Crippen LogP contribution in [0.25, 0.3) is 0 Å². The molecule has 0 aromatic heterocycles. The number of urea groups is 1. The highest BCUT2D eigenvalue weighted by atomic mass is 35.5. The van der Waals surface area contributed by atoms with Gasteiger partial charge in [-0.1, -0.05) is 31.5 Å². The second-order valence-electron chi connectivity index (χ2n) is 10.5. The summed E-state index contributed by atoms with van der Waals surface area (Å²) in [4.78, 5) is 17.5. The average Bonchev–Trinajstić information content (AvgIpc) is 2.96. The lowest BCUT2D eigenvalue weighted by molar-refractivity contribution is 0.122. The highest BCUT2D eigenvalue weighted by Gasteiger charge is 2.28. The summed E-state index contributed by atoms with van der Waals surface area (Å²) in [6.07, 6.45) is 4.62. The molecule has 43 heavy (non-hydrogen) atoms. The SMILES string of the molecule is CCCCN(C(=O)Nc1cccc(OC)c1F)C1CCN(Cc2ccc(Oc3ccc(NS(C)(=O)=O)cc3)cc2)CC1.Cl. The first kappa shape index (κ1) is 34.0. The van der Waals surface area contributed by atoms with Gasteiger partial charge in [0.05, 0.1) is 19.1 Å². The number of benzene rings is 3. The Morgan fingerprint density at radius 2 is 1.65 bits per heavy atom. The van der Waals surface area contributed by atoms with Gasteiger partial charge in [-0.05, 0) is 73.4 Å². The van der Waals surface area contributed by atoms with Crippen LogP contribution < -0.4 is 19.5 Å². The monoisotopic (exact) mass is 634 g/mol. The van der Waals surface area contributed by atoms with Crippen molar-refractivity contribution in [1.29, 1.82) is 0 Å². The van der Waals surface area contributed by atoms with Crippen LogP contribution in [0.5, 0.6) is 17.2 Å². The van der Waals surface area contributed by atoms with Crippen LogP contribution in [0, 0.1) is 5.82 Å². The number of carbonyl (C=O) groups excluding carboxylic acids is 1. The van der Waals surface area contributed by atoms with E-state index in [1.165, 1.54) is 13.2 Å². The molecule has 0 aliphatic carbocycles. The molecular weight excluding hydrogens is 595 g/mol. The molecular formula is C31H40ClFN4O5S. The Bertz CT molecular complexity index is 1430. The van der Waals surface area contributed by atoms with E-state index in [4.69, 9.17) is 9.47 Å². The molecule has 0 bridgehead atoms. The maximum absolute atomic E-state index is 14.7. The summed E-state index contributed by atoms with van der Waals surface area (Å²) in [5.41, 5.74) is 1.75. The van der Waals surface area contributed by atoms with E-state index < -0.39 is 15.8 Å². The second kappa shape index (κ2) is 15.8. The van der Waals surface area contributed by atoms with E-state index in [9.17, 15) is 17.6 Å². The Morgan fingerprint density at radius 1 is 1.02 bits per heavy atom. The lowest BCUT2D eigenvalue weighted by atomic mass is 10.0. The summed E-state index contributed by atoms with van der Waals surface area (Å²) in [6.45, 7) is 5.19. The van der Waals surface area contributed by atoms with Gasteiger partial charge < -0.3 is 19.7 Å². The molecule has 2 N–H and O–H groups in total. The lowest BCUT2D eigenvalue weighted by Gasteiger charge is -2.38. The molecule has 3 aromatic carbocycles. The average molecular weight is 635 g/mol. The number of nitrogens with zero attached hydrogens (tertiary/aromatic N) is 2. The predicted octanol–water partition coefficient (Wildman–Crippen LogP) is 6.72. The van der Waals surface area contributed by atoms with E-state index in [1.54, 1.807) is 36.4 Å². The van der Waals surface area contributed by atoms with Crippen molar-refractivity contribution < 1.29 is 27.1 Å². The topological polar surface area (TPSA) is 100 Å². The molecule has 0 unspecified atom stereocenters. The number of rotatable bonds is 12. The van der Waals surface area contributed by atoms with Gasteiger partial charge >= 0.3 is 6.03 Å². The van der Waals surface area contributed by atoms with Crippen LogP contribution in [-0.4, -0.2) is 63.3 Å². The predicted molar refractivity (Wildman–Crippen MR) is 171 cm³/mol. The second-order valence-corrected chi connectivity index (χ2v) is 12.2. The van der Waals surface area contributed by atoms with Crippen molar-refractivity contribution in [2.45, 2.75) is 45.2 Å². The van der Waals surface area contributed by atoms with Crippen molar-refractivity contribution >= 4 is 39.8 Å². The van der Waals surface area contributed by atoms with Crippen molar-refractivity contribution in [2.75, 3.05) is 43.0 Å². The zero-order valence-electron chi connectivity index (χ0n) is 24.7. The van der Waals surface area contributed by atoms with E-state index in [-0.39, 0.29) is 35.9 Å². The summed E-state index contributed by atoms with van der Waals surface area (Å²) < 4.78 is 50.8. The number of carbonyl (C=O) groups is 1. The van der Waals surface area contributed by atoms with Gasteiger partial charge in [0.1, 0.15) is 11.5 Å². The summed E-state index contributed by atoms with van der Waals surface area (Å²) >= 11 is 0. The summed E-state index contributed by atoms with van der Waals surface area (Å²) in [7, 11) is -1.93. The quantitative estimate of drug-likeness (QED) is 0.229. The van der Waals surface area contributed by atoms with Crippen molar-refractivity contribution in [2.24, 2.45) is 0 Å². The number of hydrogen-bond donors (Lipinski definition) is 2. The number of anilines is 2. The van der Waals surface area contributed by atoms with Gasteiger partial charge in [-0.2, -0.15) is 0 Å². The molecule has 1 saturated heterocycles. The number of halogens is 2. The molecule has 4 rings (SSSR count). The molecule has 3 aromatic rings. The van der Waals surface area contributed by atoms with Crippen LogP contribution in [0.4, 0.5) is 20.6 Å². The van der Waals surface area contributed by atoms with Gasteiger partial charge in [-0.15, -0.1) is 12.4 Å². The fourth-order valence-electron chi connectivity index (χ4n) is 4.98. The van der Waals surface area contributed by atoms with E-state index >= 15 is 0 Å². The maximum Gasteiger partial charge on any atom is 0.322 e. The summed E-state index contributed by atoms with van der Waals surface area (Å²) in [5.74, 6) is 0.815. The first-order chi connectivity index (χ1) is 20.1. The van der Waals surface area contributed by atoms with E-state index in [0.717, 1.165) is 57.1 Å². The van der Waals surface area contributed by atoms with Gasteiger partial charge in [0.2, 0.25) is 10.0 Å². The van der Waals surface area contributed by atoms with Crippen LogP contribution >= 0.6 is 12.4 Å². The third-order valence-electron chi connectivity index (χ3n) is 7.16. The first-order valence-electron chi connectivity index (χ1n) is 14.1. The van der Waals surface area contributed by atoms with Crippen LogP contribution in [0.3, 0.4) is 0 Å². The smallest absolute Gasteiger partial charge is 0.322 e. The van der Waals surface area contributed by atoms with Gasteiger partial charge in [-0.25, -0.2) is 17.6 Å². The maximum atomic E-state index is 14.7. The number of piperidine rings is 1. The molecule has 1 aliphatic rings. The number of nitrogens with one attached hydrogen (secondary N) is 2. The standard InChI is InChI=1S/C31H39FN4O5S.ClH/c1-4-5-19-36(31(37)33-28-7-6-8-29(40-2)30(28)32)25-17-20-35(21-18-25)22-23-9-13-26(14-10-23)41-27-15-11-24(12-16-27)34-42(3,38)39;/h6-16,25,34H,4-5,17-22H2,1-3H3,(H,33,37);1H. The van der Waals surface area contributed by atoms with E-state index in [1.807, 2.05) is 29.2 Å². The number of ether oxygens (including phenoxy) is 2. The number of amides is 2. The summed E-state index contributed by atoms with van der Waals surface area (Å²) in [6, 6.07) is 19.1. The Kier molecular flexibility index (Phi) is 12.5. The van der Waals surface area contributed by atoms with Crippen LogP contribution in [0.1, 0.15) is 38.2 Å². The number of hydrogen-bond acceptors (Lipinski definition) is 6. The molecule has 9 nitrogen and oxygen atoms in total. The highest BCUT2D eigenvalue weighted by Crippen LogP contribution is 2.27. The van der Waals surface area contributed by atoms with E-state index in [2.05, 4.69) is 21.9 Å². The molecule has 0 radical (unpaired) electrons. The van der Waals surface area contributed by atoms with Crippen molar-refractivity contribution in [3.8, 4) is 17.2 Å². The molecule has 0 spiro atoms. The van der Waals surface area contributed by atoms with E-state index in [0.29, 0.717) is 23.7 Å². The molecule has 0 saturated carbocycles. The number of unbranched alkanes of at least 4 members (excludes halogenated alkanes) is 1. The van der Waals surface area contributed by atoms with Crippen LogP contribution in [-0.2, 0) is 16.6 Å². The van der Waals surface area contributed by atoms with Gasteiger partial charge in [0.15, 0.2) is 11.6 Å². The number of likely N-dealkylation sites (tertiary alicyclic amines) is 1. The van der Waals surface area contributed by atoms with Crippen molar-refractivity contribution in [3.63, 3.8) is 0 Å². The van der Waals surface area contributed by atoms with Crippen molar-refractivity contribution in [1.82, 2.24) is 9.80 Å². The Morgan fingerprint density at radius 3 is 2.23 bits per heavy atom. The molecule has 12 heteroatoms. The fourth-order valence-corrected chi connectivity index (χ4v) is 5.55.